The number of fused-ring (bicyclic) bond motifs is 1. The molecule has 0 radical (unpaired) electrons. The van der Waals surface area contributed by atoms with E-state index >= 15 is 0 Å². The fourth-order valence-electron chi connectivity index (χ4n) is 3.15. The maximum absolute atomic E-state index is 11.0. The van der Waals surface area contributed by atoms with Gasteiger partial charge in [0.1, 0.15) is 5.69 Å². The van der Waals surface area contributed by atoms with Crippen molar-refractivity contribution in [3.63, 3.8) is 0 Å². The molecule has 1 fully saturated rings. The molecule has 3 rings (SSSR count). The molecule has 0 unspecified atom stereocenters. The van der Waals surface area contributed by atoms with Gasteiger partial charge >= 0.3 is 5.97 Å². The summed E-state index contributed by atoms with van der Waals surface area (Å²) < 4.78 is 5.26. The second kappa shape index (κ2) is 5.44. The predicted octanol–water partition coefficient (Wildman–Crippen LogP) is 4.16. The molecule has 1 aromatic carbocycles. The van der Waals surface area contributed by atoms with Crippen LogP contribution < -0.4 is 0 Å². The van der Waals surface area contributed by atoms with Crippen LogP contribution in [0.4, 0.5) is 0 Å². The molecule has 0 spiro atoms. The fourth-order valence-corrected chi connectivity index (χ4v) is 3.46. The summed E-state index contributed by atoms with van der Waals surface area (Å²) in [5, 5.41) is 14.4. The van der Waals surface area contributed by atoms with Gasteiger partial charge in [0.15, 0.2) is 5.58 Å². The average molecular weight is 294 g/mol. The van der Waals surface area contributed by atoms with E-state index in [1.807, 2.05) is 6.07 Å². The van der Waals surface area contributed by atoms with Gasteiger partial charge in [-0.25, -0.2) is 0 Å². The average Bonchev–Trinajstić information content (AvgIpc) is 2.82. The Kier molecular flexibility index (Phi) is 3.66. The summed E-state index contributed by atoms with van der Waals surface area (Å²) in [6, 6.07) is 3.59. The number of carbonyl (C=O) groups is 1. The van der Waals surface area contributed by atoms with Crippen molar-refractivity contribution in [1.82, 2.24) is 5.16 Å². The Morgan fingerprint density at radius 3 is 2.80 bits per heavy atom. The molecular weight excluding hydrogens is 278 g/mol. The molecule has 5 heteroatoms. The summed E-state index contributed by atoms with van der Waals surface area (Å²) in [7, 11) is 0. The van der Waals surface area contributed by atoms with Crippen LogP contribution >= 0.6 is 11.6 Å². The van der Waals surface area contributed by atoms with Gasteiger partial charge in [0.05, 0.1) is 11.8 Å². The highest BCUT2D eigenvalue weighted by atomic mass is 35.5. The molecular formula is C15H16ClNO3. The van der Waals surface area contributed by atoms with Gasteiger partial charge < -0.3 is 9.63 Å². The van der Waals surface area contributed by atoms with Gasteiger partial charge in [0.25, 0.3) is 0 Å². The number of benzene rings is 1. The lowest BCUT2D eigenvalue weighted by molar-refractivity contribution is -0.136. The maximum Gasteiger partial charge on any atom is 0.309 e. The van der Waals surface area contributed by atoms with Gasteiger partial charge in [0, 0.05) is 5.02 Å². The van der Waals surface area contributed by atoms with Gasteiger partial charge in [-0.3, -0.25) is 4.79 Å². The van der Waals surface area contributed by atoms with Crippen molar-refractivity contribution in [2.45, 2.75) is 44.4 Å². The molecule has 0 atom stereocenters. The molecule has 20 heavy (non-hydrogen) atoms. The lowest BCUT2D eigenvalue weighted by atomic mass is 9.82. The molecule has 0 amide bonds. The van der Waals surface area contributed by atoms with Crippen molar-refractivity contribution in [2.75, 3.05) is 0 Å². The summed E-state index contributed by atoms with van der Waals surface area (Å²) >= 11 is 6.39. The lowest BCUT2D eigenvalue weighted by Gasteiger charge is -2.23. The first kappa shape index (κ1) is 13.4. The lowest BCUT2D eigenvalue weighted by Crippen LogP contribution is -2.07. The van der Waals surface area contributed by atoms with Gasteiger partial charge in [0.2, 0.25) is 0 Å². The quantitative estimate of drug-likeness (QED) is 0.923. The van der Waals surface area contributed by atoms with Crippen molar-refractivity contribution >= 4 is 28.5 Å². The van der Waals surface area contributed by atoms with Gasteiger partial charge in [-0.1, -0.05) is 36.0 Å². The van der Waals surface area contributed by atoms with Crippen LogP contribution in [0.2, 0.25) is 5.02 Å². The molecule has 0 aliphatic heterocycles. The zero-order valence-electron chi connectivity index (χ0n) is 11.1. The van der Waals surface area contributed by atoms with E-state index in [2.05, 4.69) is 5.16 Å². The van der Waals surface area contributed by atoms with Crippen LogP contribution in [0.1, 0.15) is 49.3 Å². The Hall–Kier alpha value is -1.55. The molecule has 1 aliphatic carbocycles. The number of nitrogens with zero attached hydrogens (tertiary/aromatic N) is 1. The van der Waals surface area contributed by atoms with E-state index in [1.54, 1.807) is 6.07 Å². The van der Waals surface area contributed by atoms with Gasteiger partial charge in [-0.2, -0.15) is 0 Å². The first-order chi connectivity index (χ1) is 9.66. The molecule has 2 aromatic rings. The molecule has 0 bridgehead atoms. The van der Waals surface area contributed by atoms with Crippen LogP contribution in [0.15, 0.2) is 16.7 Å². The van der Waals surface area contributed by atoms with Crippen molar-refractivity contribution in [1.29, 1.82) is 0 Å². The third kappa shape index (κ3) is 2.40. The Bertz CT molecular complexity index is 644. The van der Waals surface area contributed by atoms with E-state index in [1.165, 1.54) is 19.3 Å². The normalized spacial score (nSPS) is 16.6. The fraction of sp³-hybridized carbons (Fsp3) is 0.467. The maximum atomic E-state index is 11.0. The minimum atomic E-state index is -0.908. The summed E-state index contributed by atoms with van der Waals surface area (Å²) in [4.78, 5) is 11.0. The van der Waals surface area contributed by atoms with Crippen LogP contribution in [0.5, 0.6) is 0 Å². The molecule has 1 aliphatic rings. The van der Waals surface area contributed by atoms with Crippen LogP contribution in [0.25, 0.3) is 11.0 Å². The Labute approximate surface area is 121 Å². The monoisotopic (exact) mass is 293 g/mol. The zero-order valence-corrected chi connectivity index (χ0v) is 11.8. The van der Waals surface area contributed by atoms with E-state index in [0.717, 1.165) is 23.8 Å². The number of carboxylic acid groups (broad SMARTS) is 1. The van der Waals surface area contributed by atoms with E-state index in [9.17, 15) is 4.79 Å². The Morgan fingerprint density at radius 2 is 2.10 bits per heavy atom. The van der Waals surface area contributed by atoms with Crippen LogP contribution in [-0.2, 0) is 11.2 Å². The summed E-state index contributed by atoms with van der Waals surface area (Å²) in [5.74, 6) is -0.526. The van der Waals surface area contributed by atoms with E-state index in [0.29, 0.717) is 22.2 Å². The molecule has 1 aromatic heterocycles. The molecule has 0 saturated heterocycles. The molecule has 4 nitrogen and oxygen atoms in total. The smallest absolute Gasteiger partial charge is 0.309 e. The number of hydrogen-bond acceptors (Lipinski definition) is 3. The molecule has 1 saturated carbocycles. The third-order valence-corrected chi connectivity index (χ3v) is 4.36. The first-order valence-corrected chi connectivity index (χ1v) is 7.33. The first-order valence-electron chi connectivity index (χ1n) is 6.95. The molecule has 1 heterocycles. The van der Waals surface area contributed by atoms with Crippen LogP contribution in [-0.4, -0.2) is 16.2 Å². The number of carboxylic acids is 1. The zero-order chi connectivity index (χ0) is 14.1. The van der Waals surface area contributed by atoms with Gasteiger partial charge in [-0.15, -0.1) is 0 Å². The highest BCUT2D eigenvalue weighted by molar-refractivity contribution is 6.32. The SMILES string of the molecule is O=C(O)Cc1noc2ccc(Cl)c(C3CCCCC3)c12. The Morgan fingerprint density at radius 1 is 1.35 bits per heavy atom. The summed E-state index contributed by atoms with van der Waals surface area (Å²) in [6.45, 7) is 0. The molecule has 106 valence electrons. The largest absolute Gasteiger partial charge is 0.481 e. The second-order valence-electron chi connectivity index (χ2n) is 5.37. The summed E-state index contributed by atoms with van der Waals surface area (Å²) in [5.41, 5.74) is 2.14. The molecule has 1 N–H and O–H groups in total. The van der Waals surface area contributed by atoms with Crippen molar-refractivity contribution in [3.8, 4) is 0 Å². The number of halogens is 1. The number of hydrogen-bond donors (Lipinski definition) is 1. The van der Waals surface area contributed by atoms with Crippen LogP contribution in [0.3, 0.4) is 0 Å². The minimum absolute atomic E-state index is 0.132. The third-order valence-electron chi connectivity index (χ3n) is 4.03. The topological polar surface area (TPSA) is 63.3 Å². The summed E-state index contributed by atoms with van der Waals surface area (Å²) in [6.07, 6.45) is 5.70. The van der Waals surface area contributed by atoms with E-state index < -0.39 is 5.97 Å². The van der Waals surface area contributed by atoms with Crippen molar-refractivity contribution in [2.24, 2.45) is 0 Å². The van der Waals surface area contributed by atoms with Crippen LogP contribution in [0, 0.1) is 0 Å². The highest BCUT2D eigenvalue weighted by Gasteiger charge is 2.24. The predicted molar refractivity (Wildman–Crippen MR) is 76.2 cm³/mol. The van der Waals surface area contributed by atoms with Gasteiger partial charge in [-0.05, 0) is 36.5 Å². The standard InChI is InChI=1S/C15H16ClNO3/c16-10-6-7-12-15(11(17-20-12)8-13(18)19)14(10)9-4-2-1-3-5-9/h6-7,9H,1-5,8H2,(H,18,19). The second-order valence-corrected chi connectivity index (χ2v) is 5.78. The van der Waals surface area contributed by atoms with Crippen molar-refractivity contribution in [3.05, 3.63) is 28.4 Å². The van der Waals surface area contributed by atoms with E-state index in [4.69, 9.17) is 21.2 Å². The minimum Gasteiger partial charge on any atom is -0.481 e. The van der Waals surface area contributed by atoms with Crippen molar-refractivity contribution < 1.29 is 14.4 Å². The number of aromatic nitrogens is 1. The Balaban J connectivity index is 2.14. The van der Waals surface area contributed by atoms with E-state index in [-0.39, 0.29) is 6.42 Å². The number of aliphatic carboxylic acids is 1. The number of rotatable bonds is 3. The highest BCUT2D eigenvalue weighted by Crippen LogP contribution is 2.41.